The van der Waals surface area contributed by atoms with E-state index in [1.54, 1.807) is 25.2 Å². The van der Waals surface area contributed by atoms with E-state index in [-0.39, 0.29) is 35.1 Å². The Labute approximate surface area is 194 Å². The standard InChI is InChI=1S/C22H24FN3O6S/c1-26(11-13-6-7-16(28-2)15(23)8-13)19(27)12-33-22-25-24-21(32-22)14-9-17(29-3)20(31-5)18(10-14)30-4/h6-10H,11-12H2,1-5H3. The molecule has 1 aromatic heterocycles. The van der Waals surface area contributed by atoms with Gasteiger partial charge < -0.3 is 28.3 Å². The second-order valence-corrected chi connectivity index (χ2v) is 7.72. The first-order chi connectivity index (χ1) is 15.9. The predicted octanol–water partition coefficient (Wildman–Crippen LogP) is 3.66. The van der Waals surface area contributed by atoms with Gasteiger partial charge in [0.2, 0.25) is 17.5 Å². The molecule has 3 aromatic rings. The first kappa shape index (κ1) is 24.2. The third-order valence-electron chi connectivity index (χ3n) is 4.70. The molecule has 0 aliphatic rings. The van der Waals surface area contributed by atoms with Gasteiger partial charge >= 0.3 is 0 Å². The lowest BCUT2D eigenvalue weighted by Crippen LogP contribution is -2.27. The summed E-state index contributed by atoms with van der Waals surface area (Å²) in [5.41, 5.74) is 1.23. The van der Waals surface area contributed by atoms with Crippen molar-refractivity contribution in [2.24, 2.45) is 0 Å². The molecule has 0 atom stereocenters. The summed E-state index contributed by atoms with van der Waals surface area (Å²) >= 11 is 1.11. The lowest BCUT2D eigenvalue weighted by atomic mass is 10.2. The molecule has 0 saturated heterocycles. The van der Waals surface area contributed by atoms with Crippen molar-refractivity contribution in [2.45, 2.75) is 11.8 Å². The summed E-state index contributed by atoms with van der Waals surface area (Å²) in [6, 6.07) is 7.96. The number of methoxy groups -OCH3 is 4. The quantitative estimate of drug-likeness (QED) is 0.405. The van der Waals surface area contributed by atoms with Gasteiger partial charge in [-0.25, -0.2) is 4.39 Å². The number of hydrogen-bond donors (Lipinski definition) is 0. The molecule has 1 heterocycles. The molecule has 0 aliphatic heterocycles. The van der Waals surface area contributed by atoms with Crippen LogP contribution < -0.4 is 18.9 Å². The topological polar surface area (TPSA) is 96.2 Å². The lowest BCUT2D eigenvalue weighted by Gasteiger charge is -2.17. The minimum Gasteiger partial charge on any atom is -0.494 e. The van der Waals surface area contributed by atoms with Crippen molar-refractivity contribution < 1.29 is 32.5 Å². The van der Waals surface area contributed by atoms with E-state index in [0.29, 0.717) is 28.4 Å². The largest absolute Gasteiger partial charge is 0.494 e. The van der Waals surface area contributed by atoms with Crippen LogP contribution in [0.5, 0.6) is 23.0 Å². The SMILES string of the molecule is COc1ccc(CN(C)C(=O)CSc2nnc(-c3cc(OC)c(OC)c(OC)c3)o2)cc1F. The number of ether oxygens (including phenoxy) is 4. The molecular weight excluding hydrogens is 453 g/mol. The normalized spacial score (nSPS) is 10.6. The monoisotopic (exact) mass is 477 g/mol. The van der Waals surface area contributed by atoms with Crippen molar-refractivity contribution in [3.05, 3.63) is 41.7 Å². The van der Waals surface area contributed by atoms with E-state index in [1.165, 1.54) is 45.5 Å². The van der Waals surface area contributed by atoms with Crippen molar-refractivity contribution in [3.8, 4) is 34.5 Å². The second-order valence-electron chi connectivity index (χ2n) is 6.79. The van der Waals surface area contributed by atoms with Crippen LogP contribution in [0.2, 0.25) is 0 Å². The highest BCUT2D eigenvalue weighted by molar-refractivity contribution is 7.99. The molecule has 1 amide bonds. The van der Waals surface area contributed by atoms with E-state index >= 15 is 0 Å². The van der Waals surface area contributed by atoms with E-state index in [0.717, 1.165) is 11.8 Å². The first-order valence-corrected chi connectivity index (χ1v) is 10.7. The Morgan fingerprint density at radius 1 is 1.00 bits per heavy atom. The summed E-state index contributed by atoms with van der Waals surface area (Å²) < 4.78 is 40.5. The highest BCUT2D eigenvalue weighted by atomic mass is 32.2. The lowest BCUT2D eigenvalue weighted by molar-refractivity contribution is -0.127. The van der Waals surface area contributed by atoms with Crippen molar-refractivity contribution in [1.29, 1.82) is 0 Å². The maximum Gasteiger partial charge on any atom is 0.277 e. The van der Waals surface area contributed by atoms with Crippen molar-refractivity contribution in [2.75, 3.05) is 41.2 Å². The number of aromatic nitrogens is 2. The number of benzene rings is 2. The Hall–Kier alpha value is -3.47. The van der Waals surface area contributed by atoms with Crippen LogP contribution in [0.1, 0.15) is 5.56 Å². The van der Waals surface area contributed by atoms with Gasteiger partial charge in [-0.2, -0.15) is 0 Å². The molecule has 9 nitrogen and oxygen atoms in total. The molecule has 0 radical (unpaired) electrons. The summed E-state index contributed by atoms with van der Waals surface area (Å²) in [5, 5.41) is 8.27. The number of amides is 1. The number of nitrogens with zero attached hydrogens (tertiary/aromatic N) is 3. The maximum atomic E-state index is 13.9. The Bertz CT molecular complexity index is 1100. The van der Waals surface area contributed by atoms with Crippen molar-refractivity contribution in [1.82, 2.24) is 15.1 Å². The maximum absolute atomic E-state index is 13.9. The van der Waals surface area contributed by atoms with E-state index in [1.807, 2.05) is 0 Å². The Morgan fingerprint density at radius 2 is 1.67 bits per heavy atom. The van der Waals surface area contributed by atoms with Gasteiger partial charge in [0.1, 0.15) is 0 Å². The van der Waals surface area contributed by atoms with Crippen LogP contribution in [0.4, 0.5) is 4.39 Å². The molecule has 0 saturated carbocycles. The molecule has 0 aliphatic carbocycles. The number of thioether (sulfide) groups is 1. The Kier molecular flexibility index (Phi) is 7.99. The highest BCUT2D eigenvalue weighted by Crippen LogP contribution is 2.41. The summed E-state index contributed by atoms with van der Waals surface area (Å²) in [5.74, 6) is 1.17. The minimum atomic E-state index is -0.476. The van der Waals surface area contributed by atoms with Crippen LogP contribution in [-0.4, -0.2) is 62.2 Å². The number of carbonyl (C=O) groups excluding carboxylic acids is 1. The van der Waals surface area contributed by atoms with Crippen LogP contribution in [0.3, 0.4) is 0 Å². The third-order valence-corrected chi connectivity index (χ3v) is 5.50. The van der Waals surface area contributed by atoms with Crippen LogP contribution in [0.15, 0.2) is 40.0 Å². The molecule has 2 aromatic carbocycles. The minimum absolute atomic E-state index is 0.0754. The molecule has 0 bridgehead atoms. The van der Waals surface area contributed by atoms with Gasteiger partial charge in [0, 0.05) is 19.2 Å². The third kappa shape index (κ3) is 5.67. The van der Waals surface area contributed by atoms with Crippen LogP contribution in [-0.2, 0) is 11.3 Å². The second kappa shape index (κ2) is 10.9. The Balaban J connectivity index is 1.64. The summed E-state index contributed by atoms with van der Waals surface area (Å²) in [6.45, 7) is 0.251. The molecule has 0 N–H and O–H groups in total. The van der Waals surface area contributed by atoms with E-state index < -0.39 is 5.82 Å². The summed E-state index contributed by atoms with van der Waals surface area (Å²) in [4.78, 5) is 14.0. The molecule has 11 heteroatoms. The van der Waals surface area contributed by atoms with Crippen LogP contribution in [0, 0.1) is 5.82 Å². The zero-order valence-corrected chi connectivity index (χ0v) is 19.7. The van der Waals surface area contributed by atoms with Crippen molar-refractivity contribution >= 4 is 17.7 Å². The zero-order valence-electron chi connectivity index (χ0n) is 18.9. The number of halogens is 1. The first-order valence-electron chi connectivity index (χ1n) is 9.73. The van der Waals surface area contributed by atoms with Gasteiger partial charge in [-0.3, -0.25) is 4.79 Å². The summed E-state index contributed by atoms with van der Waals surface area (Å²) in [6.07, 6.45) is 0. The number of hydrogen-bond acceptors (Lipinski definition) is 9. The summed E-state index contributed by atoms with van der Waals surface area (Å²) in [7, 11) is 7.58. The van der Waals surface area contributed by atoms with Crippen LogP contribution >= 0.6 is 11.8 Å². The van der Waals surface area contributed by atoms with Gasteiger partial charge in [-0.1, -0.05) is 17.8 Å². The van der Waals surface area contributed by atoms with E-state index in [9.17, 15) is 9.18 Å². The fourth-order valence-electron chi connectivity index (χ4n) is 2.99. The Morgan fingerprint density at radius 3 is 2.24 bits per heavy atom. The molecular formula is C22H24FN3O6S. The zero-order chi connectivity index (χ0) is 24.0. The van der Waals surface area contributed by atoms with E-state index in [2.05, 4.69) is 10.2 Å². The average Bonchev–Trinajstić information content (AvgIpc) is 3.30. The highest BCUT2D eigenvalue weighted by Gasteiger charge is 2.19. The van der Waals surface area contributed by atoms with Gasteiger partial charge in [0.15, 0.2) is 23.1 Å². The van der Waals surface area contributed by atoms with Gasteiger partial charge in [0.05, 0.1) is 34.2 Å². The fourth-order valence-corrected chi connectivity index (χ4v) is 3.70. The van der Waals surface area contributed by atoms with Gasteiger partial charge in [0.25, 0.3) is 5.22 Å². The average molecular weight is 478 g/mol. The molecule has 0 fully saturated rings. The molecule has 176 valence electrons. The number of carbonyl (C=O) groups is 1. The smallest absolute Gasteiger partial charge is 0.277 e. The van der Waals surface area contributed by atoms with E-state index in [4.69, 9.17) is 23.4 Å². The molecule has 0 unspecified atom stereocenters. The van der Waals surface area contributed by atoms with Crippen molar-refractivity contribution in [3.63, 3.8) is 0 Å². The number of rotatable bonds is 10. The molecule has 33 heavy (non-hydrogen) atoms. The fraction of sp³-hybridized carbons (Fsp3) is 0.318. The van der Waals surface area contributed by atoms with Crippen LogP contribution in [0.25, 0.3) is 11.5 Å². The predicted molar refractivity (Wildman–Crippen MR) is 120 cm³/mol. The molecule has 0 spiro atoms. The molecule has 3 rings (SSSR count). The van der Waals surface area contributed by atoms with Gasteiger partial charge in [-0.05, 0) is 29.8 Å². The van der Waals surface area contributed by atoms with Gasteiger partial charge in [-0.15, -0.1) is 10.2 Å².